The average molecular weight is 271 g/mol. The fraction of sp³-hybridized carbons (Fsp3) is 0.417. The van der Waals surface area contributed by atoms with Crippen molar-refractivity contribution in [1.82, 2.24) is 10.3 Å². The van der Waals surface area contributed by atoms with Crippen LogP contribution in [0.25, 0.3) is 0 Å². The second-order valence-corrected chi connectivity index (χ2v) is 3.93. The molecule has 0 saturated heterocycles. The number of halogens is 1. The van der Waals surface area contributed by atoms with Gasteiger partial charge >= 0.3 is 5.97 Å². The van der Waals surface area contributed by atoms with Crippen molar-refractivity contribution in [2.24, 2.45) is 0 Å². The van der Waals surface area contributed by atoms with Crippen LogP contribution < -0.4 is 5.32 Å². The van der Waals surface area contributed by atoms with Gasteiger partial charge in [0.1, 0.15) is 0 Å². The van der Waals surface area contributed by atoms with Gasteiger partial charge in [0.05, 0.1) is 17.2 Å². The minimum atomic E-state index is -0.294. The lowest BCUT2D eigenvalue weighted by molar-refractivity contribution is -0.143. The molecule has 98 valence electrons. The first-order chi connectivity index (χ1) is 8.65. The monoisotopic (exact) mass is 270 g/mol. The van der Waals surface area contributed by atoms with Crippen molar-refractivity contribution in [2.75, 3.05) is 13.2 Å². The summed E-state index contributed by atoms with van der Waals surface area (Å²) >= 11 is 5.85. The van der Waals surface area contributed by atoms with Gasteiger partial charge in [-0.15, -0.1) is 0 Å². The second kappa shape index (κ2) is 7.66. The van der Waals surface area contributed by atoms with Crippen molar-refractivity contribution >= 4 is 23.5 Å². The van der Waals surface area contributed by atoms with E-state index in [4.69, 9.17) is 16.3 Å². The predicted octanol–water partition coefficient (Wildman–Crippen LogP) is 1.81. The number of ether oxygens (including phenoxy) is 1. The van der Waals surface area contributed by atoms with Crippen LogP contribution in [0.5, 0.6) is 0 Å². The highest BCUT2D eigenvalue weighted by atomic mass is 35.5. The van der Waals surface area contributed by atoms with Crippen LogP contribution in [0, 0.1) is 0 Å². The molecule has 0 aromatic carbocycles. The fourth-order valence-corrected chi connectivity index (χ4v) is 1.50. The van der Waals surface area contributed by atoms with E-state index < -0.39 is 0 Å². The zero-order valence-corrected chi connectivity index (χ0v) is 10.9. The van der Waals surface area contributed by atoms with E-state index >= 15 is 0 Å². The van der Waals surface area contributed by atoms with E-state index in [9.17, 15) is 9.59 Å². The number of carbonyl (C=O) groups is 2. The number of carbonyl (C=O) groups excluding carboxylic acids is 2. The highest BCUT2D eigenvalue weighted by Crippen LogP contribution is 2.12. The summed E-state index contributed by atoms with van der Waals surface area (Å²) in [6.07, 6.45) is 3.74. The molecule has 0 radical (unpaired) electrons. The molecule has 0 unspecified atom stereocenters. The molecule has 0 aliphatic rings. The summed E-state index contributed by atoms with van der Waals surface area (Å²) in [4.78, 5) is 26.6. The molecule has 0 bridgehead atoms. The molecule has 1 amide bonds. The predicted molar refractivity (Wildman–Crippen MR) is 67.4 cm³/mol. The quantitative estimate of drug-likeness (QED) is 0.632. The molecule has 6 heteroatoms. The summed E-state index contributed by atoms with van der Waals surface area (Å²) in [7, 11) is 0. The van der Waals surface area contributed by atoms with E-state index in [1.54, 1.807) is 13.0 Å². The van der Waals surface area contributed by atoms with E-state index in [2.05, 4.69) is 10.3 Å². The van der Waals surface area contributed by atoms with Gasteiger partial charge in [0.25, 0.3) is 5.91 Å². The molecule has 1 rings (SSSR count). The Balaban J connectivity index is 2.30. The maximum absolute atomic E-state index is 11.7. The van der Waals surface area contributed by atoms with Crippen LogP contribution in [-0.2, 0) is 9.53 Å². The van der Waals surface area contributed by atoms with Gasteiger partial charge in [0.15, 0.2) is 0 Å². The van der Waals surface area contributed by atoms with Gasteiger partial charge in [0, 0.05) is 25.4 Å². The van der Waals surface area contributed by atoms with E-state index in [1.807, 2.05) is 0 Å². The Morgan fingerprint density at radius 2 is 2.28 bits per heavy atom. The van der Waals surface area contributed by atoms with Crippen LogP contribution in [0.2, 0.25) is 5.02 Å². The van der Waals surface area contributed by atoms with Gasteiger partial charge < -0.3 is 10.1 Å². The molecule has 0 saturated carbocycles. The summed E-state index contributed by atoms with van der Waals surface area (Å²) in [5, 5.41) is 3.02. The van der Waals surface area contributed by atoms with Crippen molar-refractivity contribution in [3.05, 3.63) is 29.0 Å². The van der Waals surface area contributed by atoms with Crippen LogP contribution in [-0.4, -0.2) is 30.0 Å². The summed E-state index contributed by atoms with van der Waals surface area (Å²) in [5.41, 5.74) is 0.329. The molecule has 0 fully saturated rings. The number of aromatic nitrogens is 1. The van der Waals surface area contributed by atoms with Gasteiger partial charge in [0.2, 0.25) is 0 Å². The lowest BCUT2D eigenvalue weighted by Crippen LogP contribution is -2.25. The highest BCUT2D eigenvalue weighted by molar-refractivity contribution is 6.33. The average Bonchev–Trinajstić information content (AvgIpc) is 2.35. The molecule has 0 spiro atoms. The maximum Gasteiger partial charge on any atom is 0.305 e. The smallest absolute Gasteiger partial charge is 0.305 e. The van der Waals surface area contributed by atoms with Crippen molar-refractivity contribution in [3.63, 3.8) is 0 Å². The molecule has 0 atom stereocenters. The Morgan fingerprint density at radius 1 is 1.50 bits per heavy atom. The van der Waals surface area contributed by atoms with E-state index in [0.29, 0.717) is 30.2 Å². The number of pyridine rings is 1. The summed E-state index contributed by atoms with van der Waals surface area (Å²) < 4.78 is 4.77. The Hall–Kier alpha value is -1.62. The number of hydrogen-bond acceptors (Lipinski definition) is 4. The van der Waals surface area contributed by atoms with E-state index in [0.717, 1.165) is 0 Å². The number of nitrogens with one attached hydrogen (secondary N) is 1. The minimum absolute atomic E-state index is 0.258. The molecule has 1 N–H and O–H groups in total. The Labute approximate surface area is 110 Å². The molecular weight excluding hydrogens is 256 g/mol. The van der Waals surface area contributed by atoms with E-state index in [-0.39, 0.29) is 18.3 Å². The number of amides is 1. The first-order valence-corrected chi connectivity index (χ1v) is 6.06. The largest absolute Gasteiger partial charge is 0.466 e. The Kier molecular flexibility index (Phi) is 6.14. The number of esters is 1. The molecule has 1 aromatic heterocycles. The van der Waals surface area contributed by atoms with Gasteiger partial charge in [-0.2, -0.15) is 0 Å². The van der Waals surface area contributed by atoms with Gasteiger partial charge in [-0.25, -0.2) is 0 Å². The first-order valence-electron chi connectivity index (χ1n) is 5.68. The molecule has 0 aliphatic heterocycles. The number of rotatable bonds is 6. The number of hydrogen-bond donors (Lipinski definition) is 1. The topological polar surface area (TPSA) is 68.3 Å². The summed E-state index contributed by atoms with van der Waals surface area (Å²) in [6.45, 7) is 2.52. The van der Waals surface area contributed by atoms with Crippen LogP contribution >= 0.6 is 11.6 Å². The normalized spacial score (nSPS) is 9.89. The first kappa shape index (κ1) is 14.4. The van der Waals surface area contributed by atoms with Gasteiger partial charge in [-0.3, -0.25) is 14.6 Å². The zero-order valence-electron chi connectivity index (χ0n) is 10.1. The van der Waals surface area contributed by atoms with E-state index in [1.165, 1.54) is 12.4 Å². The summed E-state index contributed by atoms with van der Waals surface area (Å²) in [6, 6.07) is 1.55. The highest BCUT2D eigenvalue weighted by Gasteiger charge is 2.09. The lowest BCUT2D eigenvalue weighted by atomic mass is 10.2. The standard InChI is InChI=1S/C12H15ClN2O3/c1-2-18-11(16)4-3-6-15-12(17)9-8-14-7-5-10(9)13/h5,7-8H,2-4,6H2,1H3,(H,15,17). The Bertz CT molecular complexity index is 424. The van der Waals surface area contributed by atoms with Gasteiger partial charge in [-0.1, -0.05) is 11.6 Å². The lowest BCUT2D eigenvalue weighted by Gasteiger charge is -2.06. The molecule has 18 heavy (non-hydrogen) atoms. The zero-order chi connectivity index (χ0) is 13.4. The maximum atomic E-state index is 11.7. The second-order valence-electron chi connectivity index (χ2n) is 3.52. The number of nitrogens with zero attached hydrogens (tertiary/aromatic N) is 1. The molecule has 5 nitrogen and oxygen atoms in total. The van der Waals surface area contributed by atoms with Crippen LogP contribution in [0.1, 0.15) is 30.1 Å². The molecule has 1 aromatic rings. The van der Waals surface area contributed by atoms with Gasteiger partial charge in [-0.05, 0) is 19.4 Å². The summed E-state index contributed by atoms with van der Waals surface area (Å²) in [5.74, 6) is -0.553. The van der Waals surface area contributed by atoms with Crippen LogP contribution in [0.15, 0.2) is 18.5 Å². The fourth-order valence-electron chi connectivity index (χ4n) is 1.31. The molecule has 1 heterocycles. The third-order valence-corrected chi connectivity index (χ3v) is 2.49. The Morgan fingerprint density at radius 3 is 2.94 bits per heavy atom. The third-order valence-electron chi connectivity index (χ3n) is 2.16. The third kappa shape index (κ3) is 4.71. The molecule has 0 aliphatic carbocycles. The van der Waals surface area contributed by atoms with Crippen molar-refractivity contribution in [3.8, 4) is 0 Å². The van der Waals surface area contributed by atoms with Crippen LogP contribution in [0.4, 0.5) is 0 Å². The SMILES string of the molecule is CCOC(=O)CCCNC(=O)c1cnccc1Cl. The van der Waals surface area contributed by atoms with Crippen molar-refractivity contribution < 1.29 is 14.3 Å². The van der Waals surface area contributed by atoms with Crippen molar-refractivity contribution in [2.45, 2.75) is 19.8 Å². The van der Waals surface area contributed by atoms with Crippen LogP contribution in [0.3, 0.4) is 0 Å². The minimum Gasteiger partial charge on any atom is -0.466 e. The molecular formula is C12H15ClN2O3. The van der Waals surface area contributed by atoms with Crippen molar-refractivity contribution in [1.29, 1.82) is 0 Å².